The van der Waals surface area contributed by atoms with Gasteiger partial charge in [-0.15, -0.1) is 0 Å². The maximum atomic E-state index is 4.27. The van der Waals surface area contributed by atoms with Crippen molar-refractivity contribution in [3.05, 3.63) is 47.8 Å². The predicted octanol–water partition coefficient (Wildman–Crippen LogP) is 2.87. The van der Waals surface area contributed by atoms with E-state index >= 15 is 0 Å². The van der Waals surface area contributed by atoms with Gasteiger partial charge in [0.15, 0.2) is 0 Å². The smallest absolute Gasteiger partial charge is 0.0539 e. The lowest BCUT2D eigenvalue weighted by atomic mass is 9.96. The van der Waals surface area contributed by atoms with Crippen molar-refractivity contribution in [1.29, 1.82) is 0 Å². The molecule has 0 aliphatic carbocycles. The molecule has 1 N–H and O–H groups in total. The van der Waals surface area contributed by atoms with Gasteiger partial charge in [0.25, 0.3) is 0 Å². The number of benzene rings is 1. The quantitative estimate of drug-likeness (QED) is 0.916. The van der Waals surface area contributed by atoms with Crippen LogP contribution in [-0.4, -0.2) is 22.9 Å². The van der Waals surface area contributed by atoms with E-state index in [1.807, 2.05) is 17.9 Å². The lowest BCUT2D eigenvalue weighted by Crippen LogP contribution is -2.35. The Morgan fingerprint density at radius 1 is 1.33 bits per heavy atom. The predicted molar refractivity (Wildman–Crippen MR) is 86.4 cm³/mol. The zero-order valence-corrected chi connectivity index (χ0v) is 12.9. The van der Waals surface area contributed by atoms with Gasteiger partial charge < -0.3 is 10.2 Å². The zero-order valence-electron chi connectivity index (χ0n) is 12.9. The SMILES string of the molecule is CCCNC1CCN(Cc2cnn(C)c2)c2ccccc21. The molecular weight excluding hydrogens is 260 g/mol. The number of rotatable bonds is 5. The minimum Gasteiger partial charge on any atom is -0.367 e. The summed E-state index contributed by atoms with van der Waals surface area (Å²) in [5, 5.41) is 7.94. The van der Waals surface area contributed by atoms with Crippen LogP contribution in [0.1, 0.15) is 36.9 Å². The third kappa shape index (κ3) is 3.10. The molecule has 1 aliphatic rings. The van der Waals surface area contributed by atoms with Gasteiger partial charge in [0, 0.05) is 43.6 Å². The molecule has 0 bridgehead atoms. The molecule has 2 aromatic rings. The van der Waals surface area contributed by atoms with Gasteiger partial charge in [0.2, 0.25) is 0 Å². The van der Waals surface area contributed by atoms with Crippen molar-refractivity contribution in [2.75, 3.05) is 18.0 Å². The number of hydrogen-bond donors (Lipinski definition) is 1. The maximum Gasteiger partial charge on any atom is 0.0539 e. The highest BCUT2D eigenvalue weighted by Crippen LogP contribution is 2.34. The number of hydrogen-bond acceptors (Lipinski definition) is 3. The van der Waals surface area contributed by atoms with Gasteiger partial charge in [-0.05, 0) is 31.0 Å². The van der Waals surface area contributed by atoms with Crippen molar-refractivity contribution in [2.45, 2.75) is 32.4 Å². The van der Waals surface area contributed by atoms with E-state index in [0.717, 1.165) is 26.1 Å². The Kier molecular flexibility index (Phi) is 4.25. The van der Waals surface area contributed by atoms with Crippen LogP contribution in [0.5, 0.6) is 0 Å². The fraction of sp³-hybridized carbons (Fsp3) is 0.471. The van der Waals surface area contributed by atoms with Gasteiger partial charge >= 0.3 is 0 Å². The minimum atomic E-state index is 0.492. The highest BCUT2D eigenvalue weighted by Gasteiger charge is 2.24. The topological polar surface area (TPSA) is 33.1 Å². The van der Waals surface area contributed by atoms with Crippen molar-refractivity contribution in [3.63, 3.8) is 0 Å². The molecule has 0 saturated carbocycles. The van der Waals surface area contributed by atoms with E-state index in [0.29, 0.717) is 6.04 Å². The van der Waals surface area contributed by atoms with E-state index in [-0.39, 0.29) is 0 Å². The Bertz CT molecular complexity index is 590. The molecule has 112 valence electrons. The molecule has 1 aliphatic heterocycles. The van der Waals surface area contributed by atoms with Crippen LogP contribution in [0.4, 0.5) is 5.69 Å². The van der Waals surface area contributed by atoms with Crippen LogP contribution in [0.2, 0.25) is 0 Å². The van der Waals surface area contributed by atoms with Crippen molar-refractivity contribution < 1.29 is 0 Å². The number of para-hydroxylation sites is 1. The van der Waals surface area contributed by atoms with Gasteiger partial charge in [-0.3, -0.25) is 4.68 Å². The summed E-state index contributed by atoms with van der Waals surface area (Å²) < 4.78 is 1.87. The van der Waals surface area contributed by atoms with E-state index in [9.17, 15) is 0 Å². The van der Waals surface area contributed by atoms with E-state index in [4.69, 9.17) is 0 Å². The number of nitrogens with one attached hydrogen (secondary N) is 1. The summed E-state index contributed by atoms with van der Waals surface area (Å²) in [4.78, 5) is 2.47. The number of aryl methyl sites for hydroxylation is 1. The molecule has 1 atom stereocenters. The van der Waals surface area contributed by atoms with Crippen LogP contribution >= 0.6 is 0 Å². The summed E-state index contributed by atoms with van der Waals surface area (Å²) in [6.45, 7) is 5.33. The van der Waals surface area contributed by atoms with Crippen LogP contribution in [0.3, 0.4) is 0 Å². The molecule has 0 radical (unpaired) electrons. The lowest BCUT2D eigenvalue weighted by molar-refractivity contribution is 0.477. The first-order valence-electron chi connectivity index (χ1n) is 7.82. The summed E-state index contributed by atoms with van der Waals surface area (Å²) in [7, 11) is 1.97. The average Bonchev–Trinajstić information content (AvgIpc) is 2.92. The largest absolute Gasteiger partial charge is 0.367 e. The fourth-order valence-electron chi connectivity index (χ4n) is 3.10. The highest BCUT2D eigenvalue weighted by atomic mass is 15.2. The van der Waals surface area contributed by atoms with E-state index in [1.165, 1.54) is 23.2 Å². The normalized spacial score (nSPS) is 17.8. The Morgan fingerprint density at radius 3 is 2.95 bits per heavy atom. The third-order valence-corrected chi connectivity index (χ3v) is 4.11. The lowest BCUT2D eigenvalue weighted by Gasteiger charge is -2.36. The first kappa shape index (κ1) is 14.1. The van der Waals surface area contributed by atoms with Crippen LogP contribution in [0.15, 0.2) is 36.7 Å². The molecule has 3 rings (SSSR count). The maximum absolute atomic E-state index is 4.27. The Labute approximate surface area is 126 Å². The van der Waals surface area contributed by atoms with Crippen molar-refractivity contribution >= 4 is 5.69 Å². The molecule has 0 fully saturated rings. The molecule has 0 amide bonds. The van der Waals surface area contributed by atoms with E-state index < -0.39 is 0 Å². The molecule has 1 unspecified atom stereocenters. The van der Waals surface area contributed by atoms with Crippen LogP contribution in [0.25, 0.3) is 0 Å². The van der Waals surface area contributed by atoms with Crippen LogP contribution < -0.4 is 10.2 Å². The van der Waals surface area contributed by atoms with Crippen molar-refractivity contribution in [1.82, 2.24) is 15.1 Å². The zero-order chi connectivity index (χ0) is 14.7. The summed E-state index contributed by atoms with van der Waals surface area (Å²) >= 11 is 0. The fourth-order valence-corrected chi connectivity index (χ4v) is 3.10. The summed E-state index contributed by atoms with van der Waals surface area (Å²) in [6.07, 6.45) is 6.41. The standard InChI is InChI=1S/C17H24N4/c1-3-9-18-16-8-10-21(13-14-11-19-20(2)12-14)17-7-5-4-6-15(16)17/h4-7,11-12,16,18H,3,8-10,13H2,1-2H3. The molecule has 21 heavy (non-hydrogen) atoms. The summed E-state index contributed by atoms with van der Waals surface area (Å²) in [5.74, 6) is 0. The van der Waals surface area contributed by atoms with Crippen LogP contribution in [-0.2, 0) is 13.6 Å². The second-order valence-corrected chi connectivity index (χ2v) is 5.80. The number of aromatic nitrogens is 2. The molecule has 1 aromatic heterocycles. The van der Waals surface area contributed by atoms with E-state index in [1.54, 1.807) is 0 Å². The van der Waals surface area contributed by atoms with Gasteiger partial charge in [0.05, 0.1) is 6.20 Å². The van der Waals surface area contributed by atoms with Crippen molar-refractivity contribution in [3.8, 4) is 0 Å². The number of fused-ring (bicyclic) bond motifs is 1. The minimum absolute atomic E-state index is 0.492. The average molecular weight is 284 g/mol. The molecule has 0 spiro atoms. The number of anilines is 1. The number of nitrogens with zero attached hydrogens (tertiary/aromatic N) is 3. The Morgan fingerprint density at radius 2 is 2.19 bits per heavy atom. The highest BCUT2D eigenvalue weighted by molar-refractivity contribution is 5.57. The second-order valence-electron chi connectivity index (χ2n) is 5.80. The van der Waals surface area contributed by atoms with Gasteiger partial charge in [-0.1, -0.05) is 25.1 Å². The third-order valence-electron chi connectivity index (χ3n) is 4.11. The van der Waals surface area contributed by atoms with Gasteiger partial charge in [-0.25, -0.2) is 0 Å². The molecular formula is C17H24N4. The Hall–Kier alpha value is -1.81. The van der Waals surface area contributed by atoms with Crippen LogP contribution in [0, 0.1) is 0 Å². The molecule has 4 nitrogen and oxygen atoms in total. The first-order chi connectivity index (χ1) is 10.3. The molecule has 0 saturated heterocycles. The Balaban J connectivity index is 1.80. The molecule has 1 aromatic carbocycles. The first-order valence-corrected chi connectivity index (χ1v) is 7.82. The molecule has 2 heterocycles. The second kappa shape index (κ2) is 6.31. The van der Waals surface area contributed by atoms with Gasteiger partial charge in [0.1, 0.15) is 0 Å². The van der Waals surface area contributed by atoms with Gasteiger partial charge in [-0.2, -0.15) is 5.10 Å². The monoisotopic (exact) mass is 284 g/mol. The summed E-state index contributed by atoms with van der Waals surface area (Å²) in [6, 6.07) is 9.28. The molecule has 4 heteroatoms. The summed E-state index contributed by atoms with van der Waals surface area (Å²) in [5.41, 5.74) is 4.06. The van der Waals surface area contributed by atoms with Crippen molar-refractivity contribution in [2.24, 2.45) is 7.05 Å². The van der Waals surface area contributed by atoms with E-state index in [2.05, 4.69) is 52.7 Å².